The summed E-state index contributed by atoms with van der Waals surface area (Å²) in [6.07, 6.45) is 3.15. The highest BCUT2D eigenvalue weighted by molar-refractivity contribution is 5.76. The highest BCUT2D eigenvalue weighted by atomic mass is 15.3. The Morgan fingerprint density at radius 3 is 2.63 bits per heavy atom. The number of rotatable bonds is 1. The van der Waals surface area contributed by atoms with E-state index in [1.807, 2.05) is 37.3 Å². The number of nitrogens with two attached hydrogens (primary N) is 1. The molecule has 0 saturated carbocycles. The number of nitrogens with zero attached hydrogens (tertiary/aromatic N) is 4. The van der Waals surface area contributed by atoms with E-state index < -0.39 is 0 Å². The molecular formula is C14H11N5. The van der Waals surface area contributed by atoms with E-state index in [1.54, 1.807) is 6.20 Å². The number of aromatic nitrogens is 3. The number of nitrogen functional groups attached to an aromatic ring is 1. The molecule has 0 saturated heterocycles. The molecule has 0 bridgehead atoms. The van der Waals surface area contributed by atoms with Gasteiger partial charge in [0.25, 0.3) is 0 Å². The number of fused-ring (bicyclic) bond motifs is 1. The van der Waals surface area contributed by atoms with E-state index in [0.29, 0.717) is 17.0 Å². The third-order valence-corrected chi connectivity index (χ3v) is 3.05. The van der Waals surface area contributed by atoms with Crippen LogP contribution in [0.1, 0.15) is 11.1 Å². The van der Waals surface area contributed by atoms with Crippen molar-refractivity contribution in [1.82, 2.24) is 14.6 Å². The average molecular weight is 249 g/mol. The van der Waals surface area contributed by atoms with Crippen LogP contribution in [0, 0.1) is 18.3 Å². The van der Waals surface area contributed by atoms with Crippen molar-refractivity contribution >= 4 is 11.5 Å². The number of nitriles is 1. The van der Waals surface area contributed by atoms with Crippen molar-refractivity contribution in [2.75, 3.05) is 5.73 Å². The van der Waals surface area contributed by atoms with Gasteiger partial charge in [-0.25, -0.2) is 4.98 Å². The van der Waals surface area contributed by atoms with Crippen LogP contribution < -0.4 is 5.73 Å². The maximum Gasteiger partial charge on any atom is 0.175 e. The first-order valence-corrected chi connectivity index (χ1v) is 5.80. The van der Waals surface area contributed by atoms with Crippen LogP contribution in [0.4, 0.5) is 5.82 Å². The maximum atomic E-state index is 8.95. The first-order chi connectivity index (χ1) is 9.20. The molecule has 0 unspecified atom stereocenters. The number of hydrogen-bond donors (Lipinski definition) is 1. The van der Waals surface area contributed by atoms with Crippen LogP contribution in [0.2, 0.25) is 0 Å². The molecule has 0 amide bonds. The molecule has 0 atom stereocenters. The smallest absolute Gasteiger partial charge is 0.175 e. The minimum Gasteiger partial charge on any atom is -0.383 e. The summed E-state index contributed by atoms with van der Waals surface area (Å²) in [7, 11) is 0. The summed E-state index contributed by atoms with van der Waals surface area (Å²) < 4.78 is 1.49. The Labute approximate surface area is 109 Å². The second kappa shape index (κ2) is 4.10. The quantitative estimate of drug-likeness (QED) is 0.716. The Bertz CT molecular complexity index is 793. The second-order valence-corrected chi connectivity index (χ2v) is 4.33. The van der Waals surface area contributed by atoms with Crippen molar-refractivity contribution in [1.29, 1.82) is 5.26 Å². The van der Waals surface area contributed by atoms with Gasteiger partial charge >= 0.3 is 0 Å². The van der Waals surface area contributed by atoms with Crippen LogP contribution in [0.3, 0.4) is 0 Å². The van der Waals surface area contributed by atoms with E-state index in [2.05, 4.69) is 10.1 Å². The van der Waals surface area contributed by atoms with Crippen molar-refractivity contribution in [3.8, 4) is 17.2 Å². The summed E-state index contributed by atoms with van der Waals surface area (Å²) in [6.45, 7) is 2.03. The van der Waals surface area contributed by atoms with Gasteiger partial charge in [0.2, 0.25) is 0 Å². The molecule has 0 aliphatic carbocycles. The van der Waals surface area contributed by atoms with E-state index in [4.69, 9.17) is 11.0 Å². The van der Waals surface area contributed by atoms with Crippen molar-refractivity contribution in [2.45, 2.75) is 6.92 Å². The molecule has 1 aromatic carbocycles. The fourth-order valence-corrected chi connectivity index (χ4v) is 1.98. The molecule has 2 N–H and O–H groups in total. The van der Waals surface area contributed by atoms with E-state index in [-0.39, 0.29) is 0 Å². The number of benzene rings is 1. The predicted octanol–water partition coefficient (Wildman–Crippen LogP) is 2.16. The van der Waals surface area contributed by atoms with Gasteiger partial charge < -0.3 is 5.73 Å². The summed E-state index contributed by atoms with van der Waals surface area (Å²) in [5.74, 6) is 0.482. The molecule has 19 heavy (non-hydrogen) atoms. The van der Waals surface area contributed by atoms with Gasteiger partial charge in [0.05, 0.1) is 6.20 Å². The van der Waals surface area contributed by atoms with Gasteiger partial charge in [-0.05, 0) is 12.5 Å². The lowest BCUT2D eigenvalue weighted by Gasteiger charge is -2.07. The number of anilines is 1. The normalized spacial score (nSPS) is 10.5. The molecule has 0 spiro atoms. The zero-order valence-electron chi connectivity index (χ0n) is 10.3. The van der Waals surface area contributed by atoms with Crippen molar-refractivity contribution in [3.05, 3.63) is 47.8 Å². The zero-order chi connectivity index (χ0) is 13.4. The maximum absolute atomic E-state index is 8.95. The summed E-state index contributed by atoms with van der Waals surface area (Å²) in [6, 6.07) is 10.1. The SMILES string of the molecule is Cc1ccc(-c2cnc3c(C#N)cnn3c2N)cc1. The van der Waals surface area contributed by atoms with E-state index in [0.717, 1.165) is 11.1 Å². The number of hydrogen-bond acceptors (Lipinski definition) is 4. The van der Waals surface area contributed by atoms with Gasteiger partial charge in [-0.15, -0.1) is 0 Å². The van der Waals surface area contributed by atoms with Gasteiger partial charge in [0.15, 0.2) is 5.65 Å². The lowest BCUT2D eigenvalue weighted by Crippen LogP contribution is -2.02. The van der Waals surface area contributed by atoms with E-state index in [9.17, 15) is 0 Å². The molecule has 0 fully saturated rings. The minimum atomic E-state index is 0.419. The van der Waals surface area contributed by atoms with E-state index in [1.165, 1.54) is 16.3 Å². The van der Waals surface area contributed by atoms with Crippen LogP contribution in [-0.2, 0) is 0 Å². The molecular weight excluding hydrogens is 238 g/mol. The third kappa shape index (κ3) is 1.70. The molecule has 3 rings (SSSR count). The fraction of sp³-hybridized carbons (Fsp3) is 0.0714. The van der Waals surface area contributed by atoms with Gasteiger partial charge in [0.1, 0.15) is 17.5 Å². The standard InChI is InChI=1S/C14H11N5/c1-9-2-4-10(5-3-9)12-8-17-14-11(6-15)7-18-19(14)13(12)16/h2-5,7-8H,16H2,1H3. The largest absolute Gasteiger partial charge is 0.383 e. The Balaban J connectivity index is 2.24. The van der Waals surface area contributed by atoms with Gasteiger partial charge in [-0.3, -0.25) is 0 Å². The first-order valence-electron chi connectivity index (χ1n) is 5.80. The minimum absolute atomic E-state index is 0.419. The Morgan fingerprint density at radius 2 is 1.95 bits per heavy atom. The Morgan fingerprint density at radius 1 is 1.21 bits per heavy atom. The van der Waals surface area contributed by atoms with Gasteiger partial charge in [-0.2, -0.15) is 14.9 Å². The van der Waals surface area contributed by atoms with Crippen molar-refractivity contribution in [2.24, 2.45) is 0 Å². The summed E-state index contributed by atoms with van der Waals surface area (Å²) in [4.78, 5) is 4.27. The fourth-order valence-electron chi connectivity index (χ4n) is 1.98. The Kier molecular flexibility index (Phi) is 2.43. The summed E-state index contributed by atoms with van der Waals surface area (Å²) >= 11 is 0. The Hall–Kier alpha value is -2.87. The average Bonchev–Trinajstić information content (AvgIpc) is 2.84. The molecule has 0 aliphatic rings. The van der Waals surface area contributed by atoms with Crippen LogP contribution >= 0.6 is 0 Å². The zero-order valence-corrected chi connectivity index (χ0v) is 10.3. The lowest BCUT2D eigenvalue weighted by molar-refractivity contribution is 0.954. The van der Waals surface area contributed by atoms with Gasteiger partial charge in [0, 0.05) is 11.8 Å². The highest BCUT2D eigenvalue weighted by Gasteiger charge is 2.11. The molecule has 5 nitrogen and oxygen atoms in total. The van der Waals surface area contributed by atoms with Gasteiger partial charge in [-0.1, -0.05) is 29.8 Å². The molecule has 0 radical (unpaired) electrons. The molecule has 0 aliphatic heterocycles. The predicted molar refractivity (Wildman–Crippen MR) is 72.3 cm³/mol. The lowest BCUT2D eigenvalue weighted by atomic mass is 10.1. The molecule has 2 heterocycles. The second-order valence-electron chi connectivity index (χ2n) is 4.33. The van der Waals surface area contributed by atoms with E-state index >= 15 is 0 Å². The summed E-state index contributed by atoms with van der Waals surface area (Å²) in [5.41, 5.74) is 9.98. The topological polar surface area (TPSA) is 80.0 Å². The molecule has 2 aromatic heterocycles. The highest BCUT2D eigenvalue weighted by Crippen LogP contribution is 2.26. The molecule has 92 valence electrons. The van der Waals surface area contributed by atoms with Crippen LogP contribution in [0.15, 0.2) is 36.7 Å². The molecule has 3 aromatic rings. The summed E-state index contributed by atoms with van der Waals surface area (Å²) in [5, 5.41) is 13.0. The number of aryl methyl sites for hydroxylation is 1. The van der Waals surface area contributed by atoms with Crippen molar-refractivity contribution in [3.63, 3.8) is 0 Å². The van der Waals surface area contributed by atoms with Crippen LogP contribution in [-0.4, -0.2) is 14.6 Å². The monoisotopic (exact) mass is 249 g/mol. The van der Waals surface area contributed by atoms with Crippen LogP contribution in [0.5, 0.6) is 0 Å². The third-order valence-electron chi connectivity index (χ3n) is 3.05. The first kappa shape index (κ1) is 11.2. The molecule has 5 heteroatoms. The van der Waals surface area contributed by atoms with Crippen LogP contribution in [0.25, 0.3) is 16.8 Å². The van der Waals surface area contributed by atoms with Crippen molar-refractivity contribution < 1.29 is 0 Å².